The van der Waals surface area contributed by atoms with Crippen LogP contribution >= 0.6 is 11.8 Å². The van der Waals surface area contributed by atoms with Gasteiger partial charge in [-0.1, -0.05) is 17.7 Å². The molecule has 0 atom stereocenters. The fourth-order valence-corrected chi connectivity index (χ4v) is 2.73. The molecule has 0 bridgehead atoms. The highest BCUT2D eigenvalue weighted by atomic mass is 32.2. The summed E-state index contributed by atoms with van der Waals surface area (Å²) >= 11 is 1.75. The number of benzene rings is 1. The number of carbonyl (C=O) groups excluding carboxylic acids is 1. The van der Waals surface area contributed by atoms with Crippen molar-refractivity contribution in [1.82, 2.24) is 5.32 Å². The van der Waals surface area contributed by atoms with Gasteiger partial charge in [0.05, 0.1) is 18.6 Å². The summed E-state index contributed by atoms with van der Waals surface area (Å²) < 4.78 is 10.8. The van der Waals surface area contributed by atoms with E-state index in [1.54, 1.807) is 18.0 Å². The summed E-state index contributed by atoms with van der Waals surface area (Å²) in [5.74, 6) is 3.62. The minimum absolute atomic E-state index is 0.0797. The van der Waals surface area contributed by atoms with E-state index >= 15 is 0 Å². The Bertz CT molecular complexity index is 566. The minimum Gasteiger partial charge on any atom is -0.494 e. The van der Waals surface area contributed by atoms with Crippen LogP contribution in [0.5, 0.6) is 5.75 Å². The Morgan fingerprint density at radius 1 is 1.26 bits per heavy atom. The van der Waals surface area contributed by atoms with Crippen molar-refractivity contribution in [1.29, 1.82) is 0 Å². The number of hydrogen-bond acceptors (Lipinski definition) is 4. The summed E-state index contributed by atoms with van der Waals surface area (Å²) in [5.41, 5.74) is 1.21. The van der Waals surface area contributed by atoms with Gasteiger partial charge >= 0.3 is 0 Å². The van der Waals surface area contributed by atoms with E-state index in [-0.39, 0.29) is 5.91 Å². The molecule has 0 unspecified atom stereocenters. The second-order valence-electron chi connectivity index (χ2n) is 5.25. The highest BCUT2D eigenvalue weighted by Gasteiger charge is 2.02. The van der Waals surface area contributed by atoms with Gasteiger partial charge in [0.1, 0.15) is 11.5 Å². The third kappa shape index (κ3) is 7.28. The molecule has 23 heavy (non-hydrogen) atoms. The van der Waals surface area contributed by atoms with Crippen LogP contribution in [0.2, 0.25) is 0 Å². The molecule has 124 valence electrons. The topological polar surface area (TPSA) is 51.5 Å². The van der Waals surface area contributed by atoms with Crippen molar-refractivity contribution in [3.05, 3.63) is 54.0 Å². The Kier molecular flexibility index (Phi) is 7.60. The van der Waals surface area contributed by atoms with E-state index in [9.17, 15) is 4.79 Å². The van der Waals surface area contributed by atoms with E-state index in [0.717, 1.165) is 29.4 Å². The maximum absolute atomic E-state index is 11.7. The zero-order chi connectivity index (χ0) is 16.3. The predicted octanol–water partition coefficient (Wildman–Crippen LogP) is 3.80. The van der Waals surface area contributed by atoms with Gasteiger partial charge in [0.25, 0.3) is 0 Å². The standard InChI is InChI=1S/C18H23NO3S/c1-15-6-8-16(9-7-15)21-12-3-5-18(20)19-10-13-23-14-17-4-2-11-22-17/h2,4,6-9,11H,3,5,10,12-14H2,1H3,(H,19,20). The molecule has 1 amide bonds. The first-order chi connectivity index (χ1) is 11.2. The minimum atomic E-state index is 0.0797. The van der Waals surface area contributed by atoms with Gasteiger partial charge in [-0.25, -0.2) is 0 Å². The van der Waals surface area contributed by atoms with E-state index < -0.39 is 0 Å². The summed E-state index contributed by atoms with van der Waals surface area (Å²) in [6, 6.07) is 11.8. The predicted molar refractivity (Wildman–Crippen MR) is 93.8 cm³/mol. The number of carbonyl (C=O) groups is 1. The largest absolute Gasteiger partial charge is 0.494 e. The van der Waals surface area contributed by atoms with Gasteiger partial charge in [-0.15, -0.1) is 0 Å². The first-order valence-corrected chi connectivity index (χ1v) is 8.96. The summed E-state index contributed by atoms with van der Waals surface area (Å²) in [6.07, 6.45) is 2.89. The molecule has 0 radical (unpaired) electrons. The molecule has 2 rings (SSSR count). The third-order valence-electron chi connectivity index (χ3n) is 3.23. The molecule has 1 aromatic heterocycles. The number of nitrogens with one attached hydrogen (secondary N) is 1. The van der Waals surface area contributed by atoms with Crippen molar-refractivity contribution in [2.24, 2.45) is 0 Å². The summed E-state index contributed by atoms with van der Waals surface area (Å²) in [4.78, 5) is 11.7. The van der Waals surface area contributed by atoms with E-state index in [4.69, 9.17) is 9.15 Å². The molecule has 1 heterocycles. The maximum atomic E-state index is 11.7. The Morgan fingerprint density at radius 2 is 2.09 bits per heavy atom. The molecule has 0 saturated heterocycles. The van der Waals surface area contributed by atoms with Crippen LogP contribution in [0.3, 0.4) is 0 Å². The number of rotatable bonds is 10. The zero-order valence-electron chi connectivity index (χ0n) is 13.4. The SMILES string of the molecule is Cc1ccc(OCCCC(=O)NCCSCc2ccco2)cc1. The van der Waals surface area contributed by atoms with Gasteiger partial charge in [-0.05, 0) is 37.6 Å². The van der Waals surface area contributed by atoms with E-state index in [0.29, 0.717) is 19.6 Å². The number of ether oxygens (including phenoxy) is 1. The van der Waals surface area contributed by atoms with Crippen LogP contribution in [-0.4, -0.2) is 24.8 Å². The third-order valence-corrected chi connectivity index (χ3v) is 4.21. The number of thioether (sulfide) groups is 1. The Morgan fingerprint density at radius 3 is 2.83 bits per heavy atom. The quantitative estimate of drug-likeness (QED) is 0.672. The monoisotopic (exact) mass is 333 g/mol. The normalized spacial score (nSPS) is 10.5. The first kappa shape index (κ1) is 17.5. The van der Waals surface area contributed by atoms with Crippen molar-refractivity contribution in [3.63, 3.8) is 0 Å². The molecule has 1 N–H and O–H groups in total. The fraction of sp³-hybridized carbons (Fsp3) is 0.389. The lowest BCUT2D eigenvalue weighted by molar-refractivity contribution is -0.121. The first-order valence-electron chi connectivity index (χ1n) is 7.80. The molecule has 4 nitrogen and oxygen atoms in total. The molecular formula is C18H23NO3S. The van der Waals surface area contributed by atoms with E-state index in [1.165, 1.54) is 5.56 Å². The Labute approximate surface area is 141 Å². The molecule has 2 aromatic rings. The van der Waals surface area contributed by atoms with Gasteiger partial charge < -0.3 is 14.5 Å². The highest BCUT2D eigenvalue weighted by molar-refractivity contribution is 7.98. The molecular weight excluding hydrogens is 310 g/mol. The van der Waals surface area contributed by atoms with E-state index in [1.807, 2.05) is 43.3 Å². The van der Waals surface area contributed by atoms with Crippen molar-refractivity contribution in [2.75, 3.05) is 18.9 Å². The fourth-order valence-electron chi connectivity index (χ4n) is 1.98. The van der Waals surface area contributed by atoms with E-state index in [2.05, 4.69) is 5.32 Å². The Balaban J connectivity index is 1.46. The summed E-state index contributed by atoms with van der Waals surface area (Å²) in [7, 11) is 0. The number of aryl methyl sites for hydroxylation is 1. The molecule has 0 aliphatic carbocycles. The average molecular weight is 333 g/mol. The molecule has 0 spiro atoms. The van der Waals surface area contributed by atoms with Gasteiger partial charge in [0, 0.05) is 18.7 Å². The van der Waals surface area contributed by atoms with Crippen LogP contribution in [0.15, 0.2) is 47.1 Å². The van der Waals surface area contributed by atoms with Crippen molar-refractivity contribution < 1.29 is 13.9 Å². The maximum Gasteiger partial charge on any atom is 0.220 e. The molecule has 0 aliphatic heterocycles. The summed E-state index contributed by atoms with van der Waals surface area (Å²) in [6.45, 7) is 3.29. The highest BCUT2D eigenvalue weighted by Crippen LogP contribution is 2.12. The lowest BCUT2D eigenvalue weighted by Crippen LogP contribution is -2.25. The summed E-state index contributed by atoms with van der Waals surface area (Å²) in [5, 5.41) is 2.92. The van der Waals surface area contributed by atoms with Crippen molar-refractivity contribution in [2.45, 2.75) is 25.5 Å². The van der Waals surface area contributed by atoms with Crippen LogP contribution in [0.4, 0.5) is 0 Å². The Hall–Kier alpha value is -1.88. The van der Waals surface area contributed by atoms with Gasteiger partial charge in [0.2, 0.25) is 5.91 Å². The second kappa shape index (κ2) is 10.0. The molecule has 0 aliphatic rings. The number of amides is 1. The number of hydrogen-bond donors (Lipinski definition) is 1. The molecule has 0 saturated carbocycles. The van der Waals surface area contributed by atoms with Crippen LogP contribution in [-0.2, 0) is 10.5 Å². The lowest BCUT2D eigenvalue weighted by Gasteiger charge is -2.07. The molecule has 0 fully saturated rings. The van der Waals surface area contributed by atoms with Gasteiger partial charge in [-0.2, -0.15) is 11.8 Å². The lowest BCUT2D eigenvalue weighted by atomic mass is 10.2. The van der Waals surface area contributed by atoms with Crippen LogP contribution in [0.1, 0.15) is 24.2 Å². The zero-order valence-corrected chi connectivity index (χ0v) is 14.2. The van der Waals surface area contributed by atoms with Crippen LogP contribution in [0.25, 0.3) is 0 Å². The van der Waals surface area contributed by atoms with Crippen molar-refractivity contribution in [3.8, 4) is 5.75 Å². The number of furan rings is 1. The van der Waals surface area contributed by atoms with Crippen molar-refractivity contribution >= 4 is 17.7 Å². The van der Waals surface area contributed by atoms with Crippen LogP contribution < -0.4 is 10.1 Å². The smallest absolute Gasteiger partial charge is 0.220 e. The van der Waals surface area contributed by atoms with Crippen LogP contribution in [0, 0.1) is 6.92 Å². The molecule has 5 heteroatoms. The van der Waals surface area contributed by atoms with Gasteiger partial charge in [-0.3, -0.25) is 4.79 Å². The molecule has 1 aromatic carbocycles. The van der Waals surface area contributed by atoms with Gasteiger partial charge in [0.15, 0.2) is 0 Å². The second-order valence-corrected chi connectivity index (χ2v) is 6.35. The average Bonchev–Trinajstić information content (AvgIpc) is 3.06.